The van der Waals surface area contributed by atoms with Crippen LogP contribution in [0.1, 0.15) is 32.6 Å². The second-order valence-corrected chi connectivity index (χ2v) is 4.32. The minimum Gasteiger partial charge on any atom is -0.348 e. The number of nitrogens with two attached hydrogens (primary N) is 1. The van der Waals surface area contributed by atoms with Crippen LogP contribution in [-0.2, 0) is 9.47 Å². The van der Waals surface area contributed by atoms with Gasteiger partial charge in [0, 0.05) is 12.0 Å². The minimum absolute atomic E-state index is 0.305. The molecule has 0 atom stereocenters. The van der Waals surface area contributed by atoms with Crippen LogP contribution in [0.2, 0.25) is 0 Å². The molecule has 1 aliphatic carbocycles. The van der Waals surface area contributed by atoms with Gasteiger partial charge in [0.25, 0.3) is 0 Å². The summed E-state index contributed by atoms with van der Waals surface area (Å²) in [7, 11) is 0. The molecule has 0 bridgehead atoms. The van der Waals surface area contributed by atoms with Crippen molar-refractivity contribution >= 4 is 0 Å². The van der Waals surface area contributed by atoms with E-state index in [4.69, 9.17) is 15.2 Å². The zero-order valence-electron chi connectivity index (χ0n) is 8.29. The van der Waals surface area contributed by atoms with Crippen molar-refractivity contribution in [2.45, 2.75) is 44.4 Å². The Hall–Kier alpha value is -0.120. The predicted molar refractivity (Wildman–Crippen MR) is 50.2 cm³/mol. The lowest BCUT2D eigenvalue weighted by atomic mass is 9.81. The maximum Gasteiger partial charge on any atom is 0.168 e. The molecular formula is C10H19NO2. The molecule has 3 nitrogen and oxygen atoms in total. The lowest BCUT2D eigenvalue weighted by Gasteiger charge is -2.36. The minimum atomic E-state index is -0.305. The number of rotatable bonds is 1. The average molecular weight is 185 g/mol. The highest BCUT2D eigenvalue weighted by Crippen LogP contribution is 2.37. The zero-order chi connectivity index (χ0) is 9.31. The molecule has 76 valence electrons. The van der Waals surface area contributed by atoms with E-state index in [1.54, 1.807) is 0 Å². The van der Waals surface area contributed by atoms with Crippen molar-refractivity contribution in [1.82, 2.24) is 0 Å². The smallest absolute Gasteiger partial charge is 0.168 e. The summed E-state index contributed by atoms with van der Waals surface area (Å²) in [5, 5.41) is 0. The fourth-order valence-electron chi connectivity index (χ4n) is 2.41. The maximum absolute atomic E-state index is 5.86. The van der Waals surface area contributed by atoms with Crippen molar-refractivity contribution in [2.75, 3.05) is 13.2 Å². The van der Waals surface area contributed by atoms with E-state index in [2.05, 4.69) is 6.92 Å². The molecule has 1 heterocycles. The average Bonchev–Trinajstić information content (AvgIpc) is 2.54. The molecule has 3 heteroatoms. The largest absolute Gasteiger partial charge is 0.348 e. The fraction of sp³-hybridized carbons (Fsp3) is 1.00. The van der Waals surface area contributed by atoms with Gasteiger partial charge in [-0.05, 0) is 32.6 Å². The molecule has 1 aliphatic heterocycles. The highest BCUT2D eigenvalue weighted by atomic mass is 16.7. The van der Waals surface area contributed by atoms with Crippen molar-refractivity contribution < 1.29 is 9.47 Å². The monoisotopic (exact) mass is 185 g/mol. The van der Waals surface area contributed by atoms with E-state index in [1.807, 2.05) is 0 Å². The van der Waals surface area contributed by atoms with Gasteiger partial charge in [-0.25, -0.2) is 0 Å². The Labute approximate surface area is 79.6 Å². The Kier molecular flexibility index (Phi) is 2.58. The first-order valence-electron chi connectivity index (χ1n) is 5.24. The van der Waals surface area contributed by atoms with Crippen LogP contribution in [0.25, 0.3) is 0 Å². The fourth-order valence-corrected chi connectivity index (χ4v) is 2.41. The van der Waals surface area contributed by atoms with Gasteiger partial charge in [0.05, 0.1) is 13.2 Å². The molecule has 0 aromatic rings. The molecule has 2 aliphatic rings. The van der Waals surface area contributed by atoms with Crippen molar-refractivity contribution in [3.8, 4) is 0 Å². The molecule has 1 saturated carbocycles. The number of hydrogen-bond acceptors (Lipinski definition) is 3. The van der Waals surface area contributed by atoms with Crippen molar-refractivity contribution in [1.29, 1.82) is 0 Å². The van der Waals surface area contributed by atoms with Crippen LogP contribution in [0.3, 0.4) is 0 Å². The van der Waals surface area contributed by atoms with Crippen LogP contribution >= 0.6 is 0 Å². The highest BCUT2D eigenvalue weighted by molar-refractivity contribution is 4.84. The Balaban J connectivity index is 1.93. The summed E-state index contributed by atoms with van der Waals surface area (Å²) < 4.78 is 11.3. The van der Waals surface area contributed by atoms with Gasteiger partial charge in [-0.2, -0.15) is 0 Å². The highest BCUT2D eigenvalue weighted by Gasteiger charge is 2.40. The van der Waals surface area contributed by atoms with Gasteiger partial charge in [0.1, 0.15) is 0 Å². The van der Waals surface area contributed by atoms with Gasteiger partial charge < -0.3 is 15.2 Å². The Morgan fingerprint density at radius 1 is 1.08 bits per heavy atom. The number of ether oxygens (including phenoxy) is 2. The molecule has 0 spiro atoms. The number of hydrogen-bond donors (Lipinski definition) is 1. The molecule has 0 amide bonds. The van der Waals surface area contributed by atoms with E-state index in [9.17, 15) is 0 Å². The summed E-state index contributed by atoms with van der Waals surface area (Å²) in [6, 6.07) is 0.404. The van der Waals surface area contributed by atoms with Crippen molar-refractivity contribution in [2.24, 2.45) is 11.7 Å². The van der Waals surface area contributed by atoms with Crippen LogP contribution in [0.15, 0.2) is 0 Å². The van der Waals surface area contributed by atoms with Gasteiger partial charge in [-0.15, -0.1) is 0 Å². The molecule has 1 saturated heterocycles. The Morgan fingerprint density at radius 2 is 1.62 bits per heavy atom. The van der Waals surface area contributed by atoms with Crippen LogP contribution in [0, 0.1) is 5.92 Å². The van der Waals surface area contributed by atoms with Crippen LogP contribution in [0.4, 0.5) is 0 Å². The van der Waals surface area contributed by atoms with E-state index in [0.29, 0.717) is 12.0 Å². The van der Waals surface area contributed by atoms with Crippen molar-refractivity contribution in [3.05, 3.63) is 0 Å². The molecule has 0 unspecified atom stereocenters. The second-order valence-electron chi connectivity index (χ2n) is 4.32. The molecular weight excluding hydrogens is 166 g/mol. The van der Waals surface area contributed by atoms with Gasteiger partial charge in [-0.3, -0.25) is 0 Å². The van der Waals surface area contributed by atoms with E-state index in [-0.39, 0.29) is 5.79 Å². The van der Waals surface area contributed by atoms with Gasteiger partial charge in [0.15, 0.2) is 5.79 Å². The summed E-state index contributed by atoms with van der Waals surface area (Å²) in [5.41, 5.74) is 5.86. The first-order chi connectivity index (χ1) is 6.21. The second kappa shape index (κ2) is 3.56. The third-order valence-corrected chi connectivity index (χ3v) is 3.37. The van der Waals surface area contributed by atoms with Crippen LogP contribution in [-0.4, -0.2) is 25.0 Å². The third kappa shape index (κ3) is 1.87. The Bertz CT molecular complexity index is 170. The molecule has 2 fully saturated rings. The first kappa shape index (κ1) is 9.44. The molecule has 0 aromatic heterocycles. The standard InChI is InChI=1S/C10H19NO2/c1-10(12-6-7-13-10)8-2-4-9(11)5-3-8/h8-9H,2-7,11H2,1H3. The summed E-state index contributed by atoms with van der Waals surface area (Å²) in [4.78, 5) is 0. The van der Waals surface area contributed by atoms with E-state index >= 15 is 0 Å². The normalized spacial score (nSPS) is 39.2. The Morgan fingerprint density at radius 3 is 2.15 bits per heavy atom. The van der Waals surface area contributed by atoms with E-state index in [0.717, 1.165) is 38.9 Å². The molecule has 0 aromatic carbocycles. The van der Waals surface area contributed by atoms with E-state index < -0.39 is 0 Å². The van der Waals surface area contributed by atoms with Crippen molar-refractivity contribution in [3.63, 3.8) is 0 Å². The molecule has 2 N–H and O–H groups in total. The first-order valence-corrected chi connectivity index (χ1v) is 5.24. The van der Waals surface area contributed by atoms with Crippen LogP contribution in [0.5, 0.6) is 0 Å². The van der Waals surface area contributed by atoms with Gasteiger partial charge in [-0.1, -0.05) is 0 Å². The molecule has 13 heavy (non-hydrogen) atoms. The third-order valence-electron chi connectivity index (χ3n) is 3.37. The predicted octanol–water partition coefficient (Wildman–Crippen LogP) is 1.27. The zero-order valence-corrected chi connectivity index (χ0v) is 8.29. The SMILES string of the molecule is CC1(C2CCC(N)CC2)OCCO1. The lowest BCUT2D eigenvalue weighted by molar-refractivity contribution is -0.188. The topological polar surface area (TPSA) is 44.5 Å². The van der Waals surface area contributed by atoms with E-state index in [1.165, 1.54) is 0 Å². The summed E-state index contributed by atoms with van der Waals surface area (Å²) in [5.74, 6) is 0.245. The maximum atomic E-state index is 5.86. The molecule has 0 radical (unpaired) electrons. The molecule has 2 rings (SSSR count). The van der Waals surface area contributed by atoms with Crippen LogP contribution < -0.4 is 5.73 Å². The lowest BCUT2D eigenvalue weighted by Crippen LogP contribution is -2.40. The van der Waals surface area contributed by atoms with Gasteiger partial charge in [0.2, 0.25) is 0 Å². The quantitative estimate of drug-likeness (QED) is 0.669. The van der Waals surface area contributed by atoms with Gasteiger partial charge >= 0.3 is 0 Å². The summed E-state index contributed by atoms with van der Waals surface area (Å²) >= 11 is 0. The summed E-state index contributed by atoms with van der Waals surface area (Å²) in [6.45, 7) is 3.57. The summed E-state index contributed by atoms with van der Waals surface area (Å²) in [6.07, 6.45) is 4.54.